The van der Waals surface area contributed by atoms with Gasteiger partial charge in [-0.05, 0) is 59.8 Å². The summed E-state index contributed by atoms with van der Waals surface area (Å²) in [5, 5.41) is 0. The highest BCUT2D eigenvalue weighted by molar-refractivity contribution is 9.11. The SMILES string of the molecule is Cc1sc(Br)cc1S(=O)(=O)NCc1cc2c(s1)CCC2. The van der Waals surface area contributed by atoms with E-state index >= 15 is 0 Å². The van der Waals surface area contributed by atoms with E-state index in [2.05, 4.69) is 26.7 Å². The molecule has 108 valence electrons. The van der Waals surface area contributed by atoms with E-state index in [1.807, 2.05) is 6.92 Å². The van der Waals surface area contributed by atoms with Crippen LogP contribution in [-0.2, 0) is 29.4 Å². The smallest absolute Gasteiger partial charge is 0.207 e. The van der Waals surface area contributed by atoms with Crippen molar-refractivity contribution in [1.29, 1.82) is 0 Å². The summed E-state index contributed by atoms with van der Waals surface area (Å²) < 4.78 is 28.1. The molecule has 0 saturated carbocycles. The summed E-state index contributed by atoms with van der Waals surface area (Å²) in [6.45, 7) is 2.20. The second kappa shape index (κ2) is 5.53. The number of halogens is 1. The highest BCUT2D eigenvalue weighted by Gasteiger charge is 2.20. The fraction of sp³-hybridized carbons (Fsp3) is 0.385. The third-order valence-electron chi connectivity index (χ3n) is 3.37. The lowest BCUT2D eigenvalue weighted by Gasteiger charge is -2.04. The summed E-state index contributed by atoms with van der Waals surface area (Å²) >= 11 is 6.50. The molecule has 2 aromatic heterocycles. The Kier molecular flexibility index (Phi) is 4.07. The van der Waals surface area contributed by atoms with Crippen LogP contribution in [0.1, 0.15) is 26.6 Å². The van der Waals surface area contributed by atoms with Crippen molar-refractivity contribution in [3.05, 3.63) is 36.1 Å². The number of aryl methyl sites for hydroxylation is 3. The first-order valence-corrected chi connectivity index (χ1v) is 10.2. The van der Waals surface area contributed by atoms with Gasteiger partial charge in [-0.15, -0.1) is 22.7 Å². The molecule has 0 aliphatic heterocycles. The fourth-order valence-electron chi connectivity index (χ4n) is 2.42. The van der Waals surface area contributed by atoms with E-state index in [4.69, 9.17) is 0 Å². The minimum absolute atomic E-state index is 0.374. The first kappa shape index (κ1) is 14.7. The van der Waals surface area contributed by atoms with Crippen molar-refractivity contribution in [2.24, 2.45) is 0 Å². The van der Waals surface area contributed by atoms with Crippen molar-refractivity contribution >= 4 is 48.6 Å². The molecule has 1 N–H and O–H groups in total. The number of hydrogen-bond acceptors (Lipinski definition) is 4. The molecular weight excluding hydrogens is 378 g/mol. The third kappa shape index (κ3) is 2.87. The quantitative estimate of drug-likeness (QED) is 0.859. The van der Waals surface area contributed by atoms with Crippen molar-refractivity contribution in [1.82, 2.24) is 4.72 Å². The lowest BCUT2D eigenvalue weighted by Crippen LogP contribution is -2.22. The van der Waals surface area contributed by atoms with Crippen molar-refractivity contribution in [3.8, 4) is 0 Å². The molecule has 0 bridgehead atoms. The molecule has 3 rings (SSSR count). The van der Waals surface area contributed by atoms with E-state index in [0.717, 1.165) is 26.4 Å². The molecule has 2 heterocycles. The van der Waals surface area contributed by atoms with Crippen LogP contribution in [0.2, 0.25) is 0 Å². The molecule has 7 heteroatoms. The molecule has 0 spiro atoms. The summed E-state index contributed by atoms with van der Waals surface area (Å²) in [6, 6.07) is 3.81. The van der Waals surface area contributed by atoms with Crippen LogP contribution in [0.3, 0.4) is 0 Å². The van der Waals surface area contributed by atoms with Crippen molar-refractivity contribution in [2.45, 2.75) is 37.6 Å². The third-order valence-corrected chi connectivity index (χ3v) is 7.81. The highest BCUT2D eigenvalue weighted by Crippen LogP contribution is 2.32. The molecule has 1 aliphatic rings. The number of fused-ring (bicyclic) bond motifs is 1. The van der Waals surface area contributed by atoms with Gasteiger partial charge in [-0.3, -0.25) is 0 Å². The van der Waals surface area contributed by atoms with E-state index in [0.29, 0.717) is 11.4 Å². The number of sulfonamides is 1. The molecule has 0 aromatic carbocycles. The molecule has 0 amide bonds. The van der Waals surface area contributed by atoms with Gasteiger partial charge in [0, 0.05) is 21.2 Å². The van der Waals surface area contributed by atoms with E-state index in [1.54, 1.807) is 17.4 Å². The number of thiophene rings is 2. The Bertz CT molecular complexity index is 724. The molecule has 20 heavy (non-hydrogen) atoms. The predicted octanol–water partition coefficient (Wildman–Crippen LogP) is 3.85. The first-order valence-electron chi connectivity index (χ1n) is 6.32. The molecule has 0 saturated heterocycles. The zero-order chi connectivity index (χ0) is 14.3. The molecule has 0 fully saturated rings. The average Bonchev–Trinajstić information content (AvgIpc) is 3.00. The van der Waals surface area contributed by atoms with Gasteiger partial charge in [-0.2, -0.15) is 0 Å². The minimum atomic E-state index is -3.42. The molecule has 0 unspecified atom stereocenters. The first-order chi connectivity index (χ1) is 9.45. The van der Waals surface area contributed by atoms with Gasteiger partial charge in [-0.1, -0.05) is 0 Å². The van der Waals surface area contributed by atoms with Crippen molar-refractivity contribution in [2.75, 3.05) is 0 Å². The van der Waals surface area contributed by atoms with E-state index in [9.17, 15) is 8.42 Å². The average molecular weight is 392 g/mol. The molecule has 0 radical (unpaired) electrons. The lowest BCUT2D eigenvalue weighted by atomic mass is 10.2. The van der Waals surface area contributed by atoms with Crippen molar-refractivity contribution in [3.63, 3.8) is 0 Å². The van der Waals surface area contributed by atoms with E-state index < -0.39 is 10.0 Å². The van der Waals surface area contributed by atoms with Gasteiger partial charge in [0.15, 0.2) is 0 Å². The summed E-state index contributed by atoms with van der Waals surface area (Å²) in [5.74, 6) is 0. The zero-order valence-electron chi connectivity index (χ0n) is 10.9. The maximum atomic E-state index is 12.3. The second-order valence-corrected chi connectivity index (χ2v) is 10.4. The monoisotopic (exact) mass is 391 g/mol. The van der Waals surface area contributed by atoms with Crippen LogP contribution in [-0.4, -0.2) is 8.42 Å². The maximum absolute atomic E-state index is 12.3. The summed E-state index contributed by atoms with van der Waals surface area (Å²) in [7, 11) is -3.42. The molecule has 1 aliphatic carbocycles. The van der Waals surface area contributed by atoms with Crippen LogP contribution in [0.5, 0.6) is 0 Å². The number of hydrogen-bond donors (Lipinski definition) is 1. The topological polar surface area (TPSA) is 46.2 Å². The van der Waals surface area contributed by atoms with Crippen molar-refractivity contribution < 1.29 is 8.42 Å². The minimum Gasteiger partial charge on any atom is -0.207 e. The normalized spacial score (nSPS) is 14.7. The standard InChI is InChI=1S/C13H14BrNO2S3/c1-8-12(6-13(14)18-8)20(16,17)15-7-10-5-9-3-2-4-11(9)19-10/h5-6,15H,2-4,7H2,1H3. The van der Waals surface area contributed by atoms with Gasteiger partial charge in [-0.25, -0.2) is 13.1 Å². The lowest BCUT2D eigenvalue weighted by molar-refractivity contribution is 0.581. The zero-order valence-corrected chi connectivity index (χ0v) is 14.9. The van der Waals surface area contributed by atoms with Gasteiger partial charge in [0.05, 0.1) is 8.68 Å². The van der Waals surface area contributed by atoms with Gasteiger partial charge in [0.1, 0.15) is 0 Å². The Balaban J connectivity index is 1.75. The summed E-state index contributed by atoms with van der Waals surface area (Å²) in [5.41, 5.74) is 1.40. The fourth-order valence-corrected chi connectivity index (χ4v) is 7.13. The highest BCUT2D eigenvalue weighted by atomic mass is 79.9. The Morgan fingerprint density at radius 1 is 1.30 bits per heavy atom. The Morgan fingerprint density at radius 2 is 2.10 bits per heavy atom. The van der Waals surface area contributed by atoms with Gasteiger partial charge in [0.2, 0.25) is 10.0 Å². The van der Waals surface area contributed by atoms with E-state index in [1.165, 1.54) is 28.2 Å². The van der Waals surface area contributed by atoms with Crippen LogP contribution in [0.15, 0.2) is 20.8 Å². The van der Waals surface area contributed by atoms with Gasteiger partial charge in [0.25, 0.3) is 0 Å². The van der Waals surface area contributed by atoms with Gasteiger partial charge >= 0.3 is 0 Å². The molecule has 0 atom stereocenters. The van der Waals surface area contributed by atoms with Crippen LogP contribution in [0.4, 0.5) is 0 Å². The predicted molar refractivity (Wildman–Crippen MR) is 87.1 cm³/mol. The van der Waals surface area contributed by atoms with Crippen LogP contribution < -0.4 is 4.72 Å². The Labute approximate surface area is 135 Å². The van der Waals surface area contributed by atoms with Crippen LogP contribution >= 0.6 is 38.6 Å². The summed E-state index contributed by atoms with van der Waals surface area (Å²) in [6.07, 6.45) is 3.51. The Morgan fingerprint density at radius 3 is 2.75 bits per heavy atom. The van der Waals surface area contributed by atoms with Crippen LogP contribution in [0.25, 0.3) is 0 Å². The Hall–Kier alpha value is -0.210. The number of nitrogens with one attached hydrogen (secondary N) is 1. The molecule has 2 aromatic rings. The van der Waals surface area contributed by atoms with Gasteiger partial charge < -0.3 is 0 Å². The largest absolute Gasteiger partial charge is 0.242 e. The second-order valence-electron chi connectivity index (χ2n) is 4.81. The number of rotatable bonds is 4. The molecule has 3 nitrogen and oxygen atoms in total. The maximum Gasteiger partial charge on any atom is 0.242 e. The van der Waals surface area contributed by atoms with E-state index in [-0.39, 0.29) is 0 Å². The summed E-state index contributed by atoms with van der Waals surface area (Å²) in [4.78, 5) is 3.70. The van der Waals surface area contributed by atoms with Crippen LogP contribution in [0, 0.1) is 6.92 Å². The molecular formula is C13H14BrNO2S3.